The lowest BCUT2D eigenvalue weighted by molar-refractivity contribution is 0.0810. The molecule has 188 valence electrons. The van der Waals surface area contributed by atoms with Crippen molar-refractivity contribution < 1.29 is 9.59 Å². The van der Waals surface area contributed by atoms with Crippen molar-refractivity contribution in [3.05, 3.63) is 45.4 Å². The van der Waals surface area contributed by atoms with Crippen LogP contribution in [0.3, 0.4) is 0 Å². The van der Waals surface area contributed by atoms with Gasteiger partial charge in [0.1, 0.15) is 21.4 Å². The number of nitrogens with zero attached hydrogens (tertiary/aromatic N) is 2. The van der Waals surface area contributed by atoms with Crippen molar-refractivity contribution >= 4 is 56.9 Å². The molecule has 4 aromatic heterocycles. The lowest BCUT2D eigenvalue weighted by Gasteiger charge is -2.05. The summed E-state index contributed by atoms with van der Waals surface area (Å²) in [7, 11) is 0. The zero-order valence-electron chi connectivity index (χ0n) is 20.7. The summed E-state index contributed by atoms with van der Waals surface area (Å²) in [6.07, 6.45) is 12.1. The lowest BCUT2D eigenvalue weighted by Crippen LogP contribution is -2.20. The molecular formula is C28H30N2O2S4. The van der Waals surface area contributed by atoms with Gasteiger partial charge < -0.3 is 0 Å². The molecule has 1 aliphatic rings. The standard InChI is InChI=1S/C28H30N2O2S4/c1-3-5-7-9-11-17-13-19(33-15-17)27-29-21-23(31)24(32)22-26(25(21)35-27)36-28(30-22)20-14-18(16-34-20)12-10-8-6-4-2/h13-16H,3-12H2,1-2H3. The molecule has 0 aliphatic heterocycles. The monoisotopic (exact) mass is 554 g/mol. The van der Waals surface area contributed by atoms with Gasteiger partial charge in [-0.3, -0.25) is 9.59 Å². The Labute approximate surface area is 228 Å². The molecule has 8 heteroatoms. The molecule has 0 fully saturated rings. The van der Waals surface area contributed by atoms with E-state index in [0.717, 1.165) is 42.4 Å². The third-order valence-electron chi connectivity index (χ3n) is 6.46. The highest BCUT2D eigenvalue weighted by molar-refractivity contribution is 7.28. The first-order valence-corrected chi connectivity index (χ1v) is 16.2. The van der Waals surface area contributed by atoms with E-state index in [9.17, 15) is 9.59 Å². The van der Waals surface area contributed by atoms with E-state index in [1.165, 1.54) is 85.2 Å². The molecular weight excluding hydrogens is 525 g/mol. The van der Waals surface area contributed by atoms with Crippen molar-refractivity contribution in [3.63, 3.8) is 0 Å². The van der Waals surface area contributed by atoms with Crippen LogP contribution < -0.4 is 0 Å². The van der Waals surface area contributed by atoms with E-state index in [-0.39, 0.29) is 0 Å². The number of rotatable bonds is 12. The van der Waals surface area contributed by atoms with Gasteiger partial charge in [-0.25, -0.2) is 9.97 Å². The normalized spacial score (nSPS) is 12.8. The van der Waals surface area contributed by atoms with Gasteiger partial charge >= 0.3 is 0 Å². The van der Waals surface area contributed by atoms with Crippen LogP contribution in [0.5, 0.6) is 0 Å². The van der Waals surface area contributed by atoms with Crippen LogP contribution in [0.25, 0.3) is 29.5 Å². The van der Waals surface area contributed by atoms with Crippen molar-refractivity contribution in [2.75, 3.05) is 0 Å². The van der Waals surface area contributed by atoms with Gasteiger partial charge in [-0.2, -0.15) is 0 Å². The first kappa shape index (κ1) is 25.6. The molecule has 0 amide bonds. The van der Waals surface area contributed by atoms with Crippen LogP contribution in [0.4, 0.5) is 0 Å². The Hall–Kier alpha value is -2.00. The van der Waals surface area contributed by atoms with Crippen LogP contribution >= 0.6 is 45.3 Å². The van der Waals surface area contributed by atoms with Gasteiger partial charge in [0.15, 0.2) is 0 Å². The van der Waals surface area contributed by atoms with Gasteiger partial charge in [0.05, 0.1) is 19.5 Å². The van der Waals surface area contributed by atoms with E-state index in [2.05, 4.69) is 46.7 Å². The SMILES string of the molecule is CCCCCCc1csc(-c2nc3c(s2)-c2sc(-c4cc(CCCCCC)cs4)nc2C(=O)C3=O)c1. The molecule has 0 aromatic carbocycles. The predicted octanol–water partition coefficient (Wildman–Crippen LogP) is 9.35. The van der Waals surface area contributed by atoms with E-state index < -0.39 is 11.6 Å². The summed E-state index contributed by atoms with van der Waals surface area (Å²) in [4.78, 5) is 38.9. The highest BCUT2D eigenvalue weighted by atomic mass is 32.1. The summed E-state index contributed by atoms with van der Waals surface area (Å²) in [6.45, 7) is 4.45. The molecule has 4 nitrogen and oxygen atoms in total. The number of Topliss-reactive ketones (excluding diaryl/α,β-unsaturated/α-hetero) is 2. The number of unbranched alkanes of at least 4 members (excludes halogenated alkanes) is 6. The summed E-state index contributed by atoms with van der Waals surface area (Å²) < 4.78 is 0. The van der Waals surface area contributed by atoms with Gasteiger partial charge in [-0.15, -0.1) is 45.3 Å². The van der Waals surface area contributed by atoms with Crippen molar-refractivity contribution in [1.82, 2.24) is 9.97 Å². The average Bonchev–Trinajstić information content (AvgIpc) is 3.67. The molecule has 5 rings (SSSR count). The van der Waals surface area contributed by atoms with E-state index in [4.69, 9.17) is 0 Å². The Balaban J connectivity index is 1.38. The quantitative estimate of drug-likeness (QED) is 0.129. The van der Waals surface area contributed by atoms with Gasteiger partial charge in [0.2, 0.25) is 0 Å². The molecule has 0 N–H and O–H groups in total. The third-order valence-corrected chi connectivity index (χ3v) is 11.0. The topological polar surface area (TPSA) is 59.9 Å². The number of aryl methyl sites for hydroxylation is 2. The highest BCUT2D eigenvalue weighted by Gasteiger charge is 2.37. The Morgan fingerprint density at radius 2 is 1.08 bits per heavy atom. The van der Waals surface area contributed by atoms with Gasteiger partial charge in [0, 0.05) is 0 Å². The Morgan fingerprint density at radius 1 is 0.639 bits per heavy atom. The van der Waals surface area contributed by atoms with E-state index in [0.29, 0.717) is 11.4 Å². The van der Waals surface area contributed by atoms with Crippen LogP contribution in [0.1, 0.15) is 97.3 Å². The van der Waals surface area contributed by atoms with Crippen molar-refractivity contribution in [1.29, 1.82) is 0 Å². The van der Waals surface area contributed by atoms with E-state index >= 15 is 0 Å². The zero-order chi connectivity index (χ0) is 25.1. The minimum atomic E-state index is -0.531. The van der Waals surface area contributed by atoms with Crippen LogP contribution in [0.2, 0.25) is 0 Å². The molecule has 36 heavy (non-hydrogen) atoms. The molecule has 1 aliphatic carbocycles. The molecule has 4 aromatic rings. The second-order valence-electron chi connectivity index (χ2n) is 9.31. The summed E-state index contributed by atoms with van der Waals surface area (Å²) in [6, 6.07) is 4.39. The molecule has 0 radical (unpaired) electrons. The molecule has 0 unspecified atom stereocenters. The number of fused-ring (bicyclic) bond motifs is 3. The Kier molecular flexibility index (Phi) is 8.25. The maximum atomic E-state index is 12.9. The summed E-state index contributed by atoms with van der Waals surface area (Å²) >= 11 is 6.36. The molecule has 0 saturated carbocycles. The number of thiophene rings is 2. The number of carbonyl (C=O) groups is 2. The molecule has 0 saturated heterocycles. The van der Waals surface area contributed by atoms with Crippen LogP contribution in [0.15, 0.2) is 22.9 Å². The Bertz CT molecular complexity index is 1270. The highest BCUT2D eigenvalue weighted by Crippen LogP contribution is 2.47. The summed E-state index contributed by atoms with van der Waals surface area (Å²) in [5.41, 5.74) is 3.24. The van der Waals surface area contributed by atoms with Gasteiger partial charge in [0.25, 0.3) is 11.6 Å². The minimum Gasteiger partial charge on any atom is -0.283 e. The van der Waals surface area contributed by atoms with Gasteiger partial charge in [-0.1, -0.05) is 52.4 Å². The lowest BCUT2D eigenvalue weighted by atomic mass is 10.0. The average molecular weight is 555 g/mol. The van der Waals surface area contributed by atoms with Crippen molar-refractivity contribution in [3.8, 4) is 29.5 Å². The number of ketones is 2. The zero-order valence-corrected chi connectivity index (χ0v) is 24.0. The minimum absolute atomic E-state index is 0.295. The van der Waals surface area contributed by atoms with Crippen molar-refractivity contribution in [2.45, 2.75) is 78.1 Å². The number of aromatic nitrogens is 2. The van der Waals surface area contributed by atoms with E-state index in [1.807, 2.05) is 0 Å². The van der Waals surface area contributed by atoms with E-state index in [1.54, 1.807) is 22.7 Å². The van der Waals surface area contributed by atoms with Crippen LogP contribution in [-0.2, 0) is 12.8 Å². The van der Waals surface area contributed by atoms with Crippen molar-refractivity contribution in [2.24, 2.45) is 0 Å². The predicted molar refractivity (Wildman–Crippen MR) is 154 cm³/mol. The number of hydrogen-bond acceptors (Lipinski definition) is 8. The molecule has 4 heterocycles. The fourth-order valence-electron chi connectivity index (χ4n) is 4.43. The third kappa shape index (κ3) is 5.32. The number of thiazole rings is 2. The smallest absolute Gasteiger partial charge is 0.255 e. The first-order chi connectivity index (χ1) is 17.6. The second-order valence-corrected chi connectivity index (χ2v) is 13.1. The Morgan fingerprint density at radius 3 is 1.50 bits per heavy atom. The maximum Gasteiger partial charge on any atom is 0.255 e. The van der Waals surface area contributed by atoms with Gasteiger partial charge in [-0.05, 0) is 59.7 Å². The number of hydrogen-bond donors (Lipinski definition) is 0. The van der Waals surface area contributed by atoms with Crippen LogP contribution in [-0.4, -0.2) is 21.5 Å². The summed E-state index contributed by atoms with van der Waals surface area (Å²) in [5, 5.41) is 6.03. The first-order valence-electron chi connectivity index (χ1n) is 12.9. The molecule has 0 bridgehead atoms. The fraction of sp³-hybridized carbons (Fsp3) is 0.429. The molecule has 0 atom stereocenters. The van der Waals surface area contributed by atoms with Crippen LogP contribution in [0, 0.1) is 0 Å². The maximum absolute atomic E-state index is 12.9. The second kappa shape index (κ2) is 11.6. The fourth-order valence-corrected chi connectivity index (χ4v) is 8.71. The largest absolute Gasteiger partial charge is 0.283 e. The summed E-state index contributed by atoms with van der Waals surface area (Å²) in [5.74, 6) is -1.06. The molecule has 0 spiro atoms. The number of carbonyl (C=O) groups excluding carboxylic acids is 2.